The zero-order valence-corrected chi connectivity index (χ0v) is 30.8. The Morgan fingerprint density at radius 2 is 1.00 bits per heavy atom. The van der Waals surface area contributed by atoms with E-state index < -0.39 is 0 Å². The summed E-state index contributed by atoms with van der Waals surface area (Å²) in [5.74, 6) is 0.241. The third-order valence-corrected chi connectivity index (χ3v) is 11.2. The highest BCUT2D eigenvalue weighted by Gasteiger charge is 2.37. The Labute approximate surface area is 321 Å². The van der Waals surface area contributed by atoms with Crippen LogP contribution >= 0.6 is 0 Å². The number of anilines is 6. The first kappa shape index (κ1) is 32.6. The van der Waals surface area contributed by atoms with Crippen molar-refractivity contribution in [1.29, 1.82) is 0 Å². The Morgan fingerprint density at radius 1 is 0.436 bits per heavy atom. The lowest BCUT2D eigenvalue weighted by atomic mass is 9.73. The summed E-state index contributed by atoms with van der Waals surface area (Å²) in [6, 6.07) is 68.6. The highest BCUT2D eigenvalue weighted by Crippen LogP contribution is 2.53. The summed E-state index contributed by atoms with van der Waals surface area (Å²) in [5, 5.41) is 12.8. The quantitative estimate of drug-likeness (QED) is 0.186. The average Bonchev–Trinajstić information content (AvgIpc) is 3.57. The number of nitrogens with zero attached hydrogens (tertiary/aromatic N) is 3. The van der Waals surface area contributed by atoms with E-state index in [0.29, 0.717) is 0 Å². The molecule has 0 saturated heterocycles. The predicted molar refractivity (Wildman–Crippen MR) is 229 cm³/mol. The van der Waals surface area contributed by atoms with Gasteiger partial charge in [-0.25, -0.2) is 0 Å². The average molecular weight is 710 g/mol. The number of benzene rings is 8. The Morgan fingerprint density at radius 3 is 1.75 bits per heavy atom. The Hall–Kier alpha value is -7.04. The predicted octanol–water partition coefficient (Wildman–Crippen LogP) is 13.7. The molecule has 9 aromatic rings. The lowest BCUT2D eigenvalue weighted by molar-refractivity contribution is 0.475. The molecule has 0 amide bonds. The van der Waals surface area contributed by atoms with E-state index in [-0.39, 0.29) is 11.2 Å². The van der Waals surface area contributed by atoms with Crippen LogP contribution in [0, 0.1) is 0 Å². The minimum absolute atomic E-state index is 0.241. The molecule has 55 heavy (non-hydrogen) atoms. The number of para-hydroxylation sites is 4. The van der Waals surface area contributed by atoms with Crippen molar-refractivity contribution in [3.8, 4) is 22.6 Å². The van der Waals surface area contributed by atoms with Crippen molar-refractivity contribution in [2.24, 2.45) is 0 Å². The summed E-state index contributed by atoms with van der Waals surface area (Å²) in [4.78, 5) is 4.66. The van der Waals surface area contributed by atoms with Gasteiger partial charge in [-0.2, -0.15) is 0 Å². The molecule has 0 radical (unpaired) electrons. The summed E-state index contributed by atoms with van der Waals surface area (Å²) in [7, 11) is 0. The first-order valence-corrected chi connectivity index (χ1v) is 18.8. The summed E-state index contributed by atoms with van der Waals surface area (Å²) < 4.78 is 2.35. The normalized spacial score (nSPS) is 13.1. The Balaban J connectivity index is 1.08. The minimum atomic E-state index is -0.250. The van der Waals surface area contributed by atoms with Gasteiger partial charge in [0.05, 0.1) is 22.4 Å². The van der Waals surface area contributed by atoms with Crippen LogP contribution in [-0.2, 0) is 5.41 Å². The van der Waals surface area contributed by atoms with Crippen LogP contribution in [-0.4, -0.2) is 9.67 Å². The molecule has 1 aliphatic heterocycles. The zero-order chi connectivity index (χ0) is 37.1. The number of phenolic OH excluding ortho intramolecular Hbond substituents is 1. The topological polar surface area (TPSA) is 31.6 Å². The molecule has 1 aromatic heterocycles. The molecule has 0 aliphatic carbocycles. The Kier molecular flexibility index (Phi) is 7.60. The second kappa shape index (κ2) is 12.8. The maximum absolute atomic E-state index is 10.3. The van der Waals surface area contributed by atoms with Crippen molar-refractivity contribution in [2.45, 2.75) is 19.3 Å². The van der Waals surface area contributed by atoms with Gasteiger partial charge in [-0.15, -0.1) is 0 Å². The number of rotatable bonds is 6. The monoisotopic (exact) mass is 709 g/mol. The number of aromatic hydroxyl groups is 1. The maximum atomic E-state index is 10.3. The first-order chi connectivity index (χ1) is 27.0. The van der Waals surface area contributed by atoms with Gasteiger partial charge in [0.2, 0.25) is 0 Å². The number of hydrogen-bond acceptors (Lipinski definition) is 3. The molecular formula is C51H39N3O. The van der Waals surface area contributed by atoms with Gasteiger partial charge in [-0.05, 0) is 125 Å². The van der Waals surface area contributed by atoms with E-state index in [4.69, 9.17) is 0 Å². The van der Waals surface area contributed by atoms with Gasteiger partial charge in [-0.3, -0.25) is 0 Å². The molecule has 0 spiro atoms. The van der Waals surface area contributed by atoms with Gasteiger partial charge >= 0.3 is 0 Å². The summed E-state index contributed by atoms with van der Waals surface area (Å²) in [6.07, 6.45) is 0. The van der Waals surface area contributed by atoms with E-state index in [2.05, 4.69) is 198 Å². The maximum Gasteiger partial charge on any atom is 0.115 e. The van der Waals surface area contributed by atoms with Crippen molar-refractivity contribution >= 4 is 55.9 Å². The number of phenols is 1. The van der Waals surface area contributed by atoms with Gasteiger partial charge in [0.15, 0.2) is 0 Å². The third kappa shape index (κ3) is 5.37. The molecule has 0 atom stereocenters. The molecule has 2 heterocycles. The molecule has 4 heteroatoms. The number of hydrogen-bond donors (Lipinski definition) is 1. The lowest BCUT2D eigenvalue weighted by Gasteiger charge is -2.42. The molecule has 8 aromatic carbocycles. The summed E-state index contributed by atoms with van der Waals surface area (Å²) in [5.41, 5.74) is 14.7. The molecule has 0 saturated carbocycles. The first-order valence-electron chi connectivity index (χ1n) is 18.8. The van der Waals surface area contributed by atoms with E-state index in [0.717, 1.165) is 34.0 Å². The number of fused-ring (bicyclic) bond motifs is 5. The highest BCUT2D eigenvalue weighted by atomic mass is 16.3. The van der Waals surface area contributed by atoms with E-state index in [1.165, 1.54) is 49.9 Å². The minimum Gasteiger partial charge on any atom is -0.508 e. The fourth-order valence-corrected chi connectivity index (χ4v) is 8.55. The third-order valence-electron chi connectivity index (χ3n) is 11.2. The van der Waals surface area contributed by atoms with Crippen molar-refractivity contribution < 1.29 is 5.11 Å². The molecule has 0 unspecified atom stereocenters. The second-order valence-corrected chi connectivity index (χ2v) is 14.8. The van der Waals surface area contributed by atoms with Crippen molar-refractivity contribution in [2.75, 3.05) is 9.80 Å². The standard InChI is InChI=1S/C51H39N3O/c1-51(2)45-18-10-12-20-49(45)54(38-15-7-4-8-16-38)50-32-28-41(34-46(50)51)52(40-26-29-42(55)30-27-40)39-24-21-35(22-25-39)36-23-31-48-44(33-36)43-17-9-11-19-47(43)53(48)37-13-5-3-6-14-37/h3-34,55H,1-2H3. The summed E-state index contributed by atoms with van der Waals surface area (Å²) in [6.45, 7) is 4.65. The Bertz CT molecular complexity index is 2840. The molecule has 264 valence electrons. The van der Waals surface area contributed by atoms with Crippen LogP contribution in [0.25, 0.3) is 38.6 Å². The molecule has 1 N–H and O–H groups in total. The van der Waals surface area contributed by atoms with E-state index in [1.54, 1.807) is 12.1 Å². The van der Waals surface area contributed by atoms with Gasteiger partial charge in [0.25, 0.3) is 0 Å². The van der Waals surface area contributed by atoms with Crippen LogP contribution in [0.4, 0.5) is 34.1 Å². The lowest BCUT2D eigenvalue weighted by Crippen LogP contribution is -2.30. The van der Waals surface area contributed by atoms with Crippen molar-refractivity contribution in [3.63, 3.8) is 0 Å². The molecule has 4 nitrogen and oxygen atoms in total. The van der Waals surface area contributed by atoms with Crippen molar-refractivity contribution in [3.05, 3.63) is 205 Å². The number of aromatic nitrogens is 1. The largest absolute Gasteiger partial charge is 0.508 e. The van der Waals surface area contributed by atoms with E-state index in [1.807, 2.05) is 12.1 Å². The van der Waals surface area contributed by atoms with Crippen LogP contribution in [0.15, 0.2) is 194 Å². The zero-order valence-electron chi connectivity index (χ0n) is 30.8. The molecule has 10 rings (SSSR count). The van der Waals surface area contributed by atoms with Crippen LogP contribution in [0.1, 0.15) is 25.0 Å². The van der Waals surface area contributed by atoms with Gasteiger partial charge in [-0.1, -0.05) is 105 Å². The van der Waals surface area contributed by atoms with Crippen LogP contribution in [0.2, 0.25) is 0 Å². The van der Waals surface area contributed by atoms with Gasteiger partial charge in [0, 0.05) is 44.6 Å². The van der Waals surface area contributed by atoms with Crippen molar-refractivity contribution in [1.82, 2.24) is 4.57 Å². The van der Waals surface area contributed by atoms with Gasteiger partial charge in [0.1, 0.15) is 5.75 Å². The van der Waals surface area contributed by atoms with Gasteiger partial charge < -0.3 is 19.5 Å². The van der Waals surface area contributed by atoms with E-state index >= 15 is 0 Å². The molecule has 0 fully saturated rings. The fraction of sp³-hybridized carbons (Fsp3) is 0.0588. The second-order valence-electron chi connectivity index (χ2n) is 14.8. The van der Waals surface area contributed by atoms with E-state index in [9.17, 15) is 5.11 Å². The molecule has 0 bridgehead atoms. The molecular weight excluding hydrogens is 671 g/mol. The molecule has 1 aliphatic rings. The fourth-order valence-electron chi connectivity index (χ4n) is 8.55. The van der Waals surface area contributed by atoms with Crippen LogP contribution in [0.5, 0.6) is 5.75 Å². The van der Waals surface area contributed by atoms with Crippen LogP contribution in [0.3, 0.4) is 0 Å². The van der Waals surface area contributed by atoms with Crippen LogP contribution < -0.4 is 9.80 Å². The highest BCUT2D eigenvalue weighted by molar-refractivity contribution is 6.10. The summed E-state index contributed by atoms with van der Waals surface area (Å²) >= 11 is 0. The SMILES string of the molecule is CC1(C)c2ccccc2N(c2ccccc2)c2ccc(N(c3ccc(O)cc3)c3ccc(-c4ccc5c(c4)c4ccccc4n5-c4ccccc4)cc3)cc21. The smallest absolute Gasteiger partial charge is 0.115 e.